The van der Waals surface area contributed by atoms with Gasteiger partial charge in [-0.05, 0) is 6.92 Å². The first-order valence-corrected chi connectivity index (χ1v) is 4.37. The molecule has 6 N–H and O–H groups in total. The lowest BCUT2D eigenvalue weighted by Crippen LogP contribution is -2.50. The second kappa shape index (κ2) is 6.11. The Hall–Kier alpha value is -0.570. The molecule has 0 fully saturated rings. The van der Waals surface area contributed by atoms with Gasteiger partial charge >= 0.3 is 0 Å². The molecule has 7 nitrogen and oxygen atoms in total. The van der Waals surface area contributed by atoms with Gasteiger partial charge in [0.25, 0.3) is 0 Å². The summed E-state index contributed by atoms with van der Waals surface area (Å²) in [5.74, 6) is -1.08. The van der Waals surface area contributed by atoms with Gasteiger partial charge in [0.1, 0.15) is 30.5 Å². The van der Waals surface area contributed by atoms with Gasteiger partial charge in [-0.1, -0.05) is 0 Å². The fourth-order valence-electron chi connectivity index (χ4n) is 0.938. The molecular formula is C8H16O7. The lowest BCUT2D eigenvalue weighted by molar-refractivity contribution is -0.153. The summed E-state index contributed by atoms with van der Waals surface area (Å²) in [6.07, 6.45) is -9.01. The summed E-state index contributed by atoms with van der Waals surface area (Å²) in [5.41, 5.74) is 0. The van der Waals surface area contributed by atoms with E-state index in [0.29, 0.717) is 0 Å². The van der Waals surface area contributed by atoms with Gasteiger partial charge in [0, 0.05) is 0 Å². The monoisotopic (exact) mass is 224 g/mol. The first-order chi connectivity index (χ1) is 6.82. The number of ketones is 1. The Balaban J connectivity index is 4.43. The summed E-state index contributed by atoms with van der Waals surface area (Å²) in [4.78, 5) is 11.0. The molecule has 5 atom stereocenters. The molecule has 0 saturated heterocycles. The maximum absolute atomic E-state index is 11.0. The summed E-state index contributed by atoms with van der Waals surface area (Å²) in [6, 6.07) is 0. The summed E-state index contributed by atoms with van der Waals surface area (Å²) < 4.78 is 0. The van der Waals surface area contributed by atoms with Crippen molar-refractivity contribution in [1.82, 2.24) is 0 Å². The number of aliphatic hydroxyl groups is 6. The normalized spacial score (nSPS) is 21.5. The van der Waals surface area contributed by atoms with E-state index in [9.17, 15) is 9.90 Å². The van der Waals surface area contributed by atoms with Gasteiger partial charge in [0.05, 0.1) is 6.61 Å². The molecule has 0 aromatic heterocycles. The lowest BCUT2D eigenvalue weighted by Gasteiger charge is -2.25. The molecule has 0 heterocycles. The topological polar surface area (TPSA) is 138 Å². The van der Waals surface area contributed by atoms with Crippen LogP contribution in [0.15, 0.2) is 0 Å². The zero-order valence-electron chi connectivity index (χ0n) is 8.19. The Bertz CT molecular complexity index is 205. The fraction of sp³-hybridized carbons (Fsp3) is 0.875. The van der Waals surface area contributed by atoms with Crippen molar-refractivity contribution < 1.29 is 35.4 Å². The van der Waals surface area contributed by atoms with E-state index < -0.39 is 42.9 Å². The van der Waals surface area contributed by atoms with Crippen molar-refractivity contribution in [3.8, 4) is 0 Å². The summed E-state index contributed by atoms with van der Waals surface area (Å²) in [5, 5.41) is 53.7. The number of Topliss-reactive ketones (excluding diaryl/α,β-unsaturated/α-hetero) is 1. The first-order valence-electron chi connectivity index (χ1n) is 4.37. The minimum absolute atomic E-state index is 0.826. The second-order valence-electron chi connectivity index (χ2n) is 3.25. The highest BCUT2D eigenvalue weighted by Crippen LogP contribution is 2.07. The van der Waals surface area contributed by atoms with Gasteiger partial charge in [-0.25, -0.2) is 0 Å². The molecule has 1 unspecified atom stereocenters. The summed E-state index contributed by atoms with van der Waals surface area (Å²) in [7, 11) is 0. The smallest absolute Gasteiger partial charge is 0.192 e. The largest absolute Gasteiger partial charge is 0.394 e. The second-order valence-corrected chi connectivity index (χ2v) is 3.25. The fourth-order valence-corrected chi connectivity index (χ4v) is 0.938. The molecule has 15 heavy (non-hydrogen) atoms. The maximum atomic E-state index is 11.0. The minimum Gasteiger partial charge on any atom is -0.394 e. The van der Waals surface area contributed by atoms with Crippen LogP contribution in [0.5, 0.6) is 0 Å². The van der Waals surface area contributed by atoms with Crippen LogP contribution in [0.3, 0.4) is 0 Å². The van der Waals surface area contributed by atoms with E-state index in [0.717, 1.165) is 6.92 Å². The van der Waals surface area contributed by atoms with Crippen LogP contribution in [0.25, 0.3) is 0 Å². The van der Waals surface area contributed by atoms with Crippen molar-refractivity contribution in [1.29, 1.82) is 0 Å². The molecule has 0 aliphatic rings. The number of carbonyl (C=O) groups is 1. The molecule has 0 rings (SSSR count). The van der Waals surface area contributed by atoms with E-state index in [1.165, 1.54) is 0 Å². The van der Waals surface area contributed by atoms with Crippen molar-refractivity contribution >= 4 is 5.78 Å². The molecule has 0 radical (unpaired) electrons. The van der Waals surface area contributed by atoms with Crippen LogP contribution in [0, 0.1) is 0 Å². The molecule has 0 amide bonds. The minimum atomic E-state index is -2.01. The first kappa shape index (κ1) is 14.4. The van der Waals surface area contributed by atoms with Gasteiger partial charge in [0.2, 0.25) is 0 Å². The van der Waals surface area contributed by atoms with Crippen LogP contribution in [0.2, 0.25) is 0 Å². The number of hydrogen-bond acceptors (Lipinski definition) is 7. The Morgan fingerprint density at radius 1 is 1.07 bits per heavy atom. The Labute approximate surface area is 86.2 Å². The molecule has 0 aliphatic carbocycles. The van der Waals surface area contributed by atoms with Crippen molar-refractivity contribution in [2.24, 2.45) is 0 Å². The van der Waals surface area contributed by atoms with E-state index in [1.54, 1.807) is 0 Å². The SMILES string of the molecule is CC(O)C(=O)[C@H](O)[C@@H](O)[C@H](O)[C@H](O)CO. The van der Waals surface area contributed by atoms with Crippen LogP contribution in [0.1, 0.15) is 6.92 Å². The number of aliphatic hydroxyl groups excluding tert-OH is 6. The summed E-state index contributed by atoms with van der Waals surface area (Å²) >= 11 is 0. The van der Waals surface area contributed by atoms with Gasteiger partial charge in [-0.2, -0.15) is 0 Å². The lowest BCUT2D eigenvalue weighted by atomic mass is 9.98. The number of rotatable bonds is 6. The van der Waals surface area contributed by atoms with Gasteiger partial charge in [-0.3, -0.25) is 4.79 Å². The summed E-state index contributed by atoms with van der Waals surface area (Å²) in [6.45, 7) is 0.265. The average molecular weight is 224 g/mol. The highest BCUT2D eigenvalue weighted by molar-refractivity contribution is 5.87. The zero-order valence-corrected chi connectivity index (χ0v) is 8.19. The molecule has 0 aliphatic heterocycles. The van der Waals surface area contributed by atoms with E-state index in [1.807, 2.05) is 0 Å². The van der Waals surface area contributed by atoms with Crippen molar-refractivity contribution in [2.75, 3.05) is 6.61 Å². The highest BCUT2D eigenvalue weighted by atomic mass is 16.4. The van der Waals surface area contributed by atoms with Crippen molar-refractivity contribution in [3.05, 3.63) is 0 Å². The van der Waals surface area contributed by atoms with Crippen LogP contribution in [-0.2, 0) is 4.79 Å². The molecule has 0 aromatic carbocycles. The predicted octanol–water partition coefficient (Wildman–Crippen LogP) is -3.63. The third-order valence-corrected chi connectivity index (χ3v) is 1.96. The quantitative estimate of drug-likeness (QED) is 0.274. The van der Waals surface area contributed by atoms with E-state index in [-0.39, 0.29) is 0 Å². The zero-order chi connectivity index (χ0) is 12.2. The molecule has 0 saturated carbocycles. The third-order valence-electron chi connectivity index (χ3n) is 1.96. The maximum Gasteiger partial charge on any atom is 0.192 e. The average Bonchev–Trinajstić information content (AvgIpc) is 2.23. The van der Waals surface area contributed by atoms with E-state index >= 15 is 0 Å². The van der Waals surface area contributed by atoms with Crippen LogP contribution in [0.4, 0.5) is 0 Å². The van der Waals surface area contributed by atoms with E-state index in [4.69, 9.17) is 25.5 Å². The standard InChI is InChI=1S/C8H16O7/c1-3(10)5(12)7(14)8(15)6(13)4(11)2-9/h3-4,6-11,13-15H,2H2,1H3/t3?,4-,6-,7+,8+/m1/s1. The molecular weight excluding hydrogens is 208 g/mol. The van der Waals surface area contributed by atoms with Crippen LogP contribution < -0.4 is 0 Å². The van der Waals surface area contributed by atoms with Crippen molar-refractivity contribution in [3.63, 3.8) is 0 Å². The van der Waals surface area contributed by atoms with Crippen molar-refractivity contribution in [2.45, 2.75) is 37.4 Å². The molecule has 0 spiro atoms. The van der Waals surface area contributed by atoms with Crippen LogP contribution >= 0.6 is 0 Å². The number of carbonyl (C=O) groups excluding carboxylic acids is 1. The molecule has 0 aromatic rings. The Morgan fingerprint density at radius 3 is 1.87 bits per heavy atom. The molecule has 7 heteroatoms. The Kier molecular flexibility index (Phi) is 5.88. The molecule has 90 valence electrons. The molecule has 0 bridgehead atoms. The van der Waals surface area contributed by atoms with Crippen LogP contribution in [-0.4, -0.2) is 73.5 Å². The number of hydrogen-bond donors (Lipinski definition) is 6. The van der Waals surface area contributed by atoms with Gasteiger partial charge < -0.3 is 30.6 Å². The highest BCUT2D eigenvalue weighted by Gasteiger charge is 2.35. The van der Waals surface area contributed by atoms with Gasteiger partial charge in [0.15, 0.2) is 5.78 Å². The predicted molar refractivity (Wildman–Crippen MR) is 47.8 cm³/mol. The third kappa shape index (κ3) is 3.82. The Morgan fingerprint density at radius 2 is 1.53 bits per heavy atom. The van der Waals surface area contributed by atoms with E-state index in [2.05, 4.69) is 0 Å². The van der Waals surface area contributed by atoms with Gasteiger partial charge in [-0.15, -0.1) is 0 Å².